The van der Waals surface area contributed by atoms with Gasteiger partial charge < -0.3 is 19.7 Å². The molecule has 0 atom stereocenters. The number of ether oxygens (including phenoxy) is 2. The van der Waals surface area contributed by atoms with Gasteiger partial charge in [-0.3, -0.25) is 4.79 Å². The number of rotatable bonds is 5. The summed E-state index contributed by atoms with van der Waals surface area (Å²) in [5, 5.41) is 7.61. The number of hydrogen-bond donors (Lipinski definition) is 1. The number of aryl methyl sites for hydroxylation is 1. The zero-order valence-electron chi connectivity index (χ0n) is 21.6. The SMILES string of the molecule is COc1ccc(NC(=O)c2cnn(-c3cccc(C)c3)c2C2CCN(C(=O)OC(C)(C)C)CC2)cc1. The van der Waals surface area contributed by atoms with Gasteiger partial charge in [0.1, 0.15) is 11.4 Å². The average Bonchev–Trinajstić information content (AvgIpc) is 3.29. The minimum atomic E-state index is -0.537. The fourth-order valence-electron chi connectivity index (χ4n) is 4.43. The van der Waals surface area contributed by atoms with Crippen molar-refractivity contribution >= 4 is 17.7 Å². The van der Waals surface area contributed by atoms with Crippen LogP contribution in [0, 0.1) is 6.92 Å². The first-order valence-corrected chi connectivity index (χ1v) is 12.2. The molecule has 1 N–H and O–H groups in total. The molecule has 0 aliphatic carbocycles. The van der Waals surface area contributed by atoms with Gasteiger partial charge >= 0.3 is 6.09 Å². The molecule has 1 aromatic heterocycles. The fourth-order valence-corrected chi connectivity index (χ4v) is 4.43. The van der Waals surface area contributed by atoms with Crippen LogP contribution in [0.3, 0.4) is 0 Å². The highest BCUT2D eigenvalue weighted by Gasteiger charge is 2.32. The van der Waals surface area contributed by atoms with E-state index in [1.807, 2.05) is 50.6 Å². The normalized spacial score (nSPS) is 14.4. The molecule has 1 fully saturated rings. The van der Waals surface area contributed by atoms with E-state index >= 15 is 0 Å². The van der Waals surface area contributed by atoms with Crippen LogP contribution >= 0.6 is 0 Å². The Labute approximate surface area is 212 Å². The second kappa shape index (κ2) is 10.4. The molecule has 8 heteroatoms. The summed E-state index contributed by atoms with van der Waals surface area (Å²) in [5.41, 5.74) is 3.54. The summed E-state index contributed by atoms with van der Waals surface area (Å²) in [4.78, 5) is 27.7. The van der Waals surface area contributed by atoms with Crippen molar-refractivity contribution in [2.45, 2.75) is 52.1 Å². The maximum atomic E-state index is 13.4. The number of piperidine rings is 1. The number of likely N-dealkylation sites (tertiary alicyclic amines) is 1. The summed E-state index contributed by atoms with van der Waals surface area (Å²) < 4.78 is 12.6. The Bertz CT molecular complexity index is 1220. The van der Waals surface area contributed by atoms with Crippen LogP contribution in [-0.4, -0.2) is 52.5 Å². The lowest BCUT2D eigenvalue weighted by Crippen LogP contribution is -2.41. The molecule has 0 saturated carbocycles. The van der Waals surface area contributed by atoms with Gasteiger partial charge in [-0.1, -0.05) is 12.1 Å². The van der Waals surface area contributed by atoms with E-state index in [1.54, 1.807) is 42.5 Å². The van der Waals surface area contributed by atoms with Gasteiger partial charge in [-0.25, -0.2) is 9.48 Å². The van der Waals surface area contributed by atoms with Crippen molar-refractivity contribution in [1.29, 1.82) is 0 Å². The number of methoxy groups -OCH3 is 1. The van der Waals surface area contributed by atoms with E-state index in [0.29, 0.717) is 37.2 Å². The lowest BCUT2D eigenvalue weighted by Gasteiger charge is -2.34. The van der Waals surface area contributed by atoms with Gasteiger partial charge in [0.15, 0.2) is 0 Å². The van der Waals surface area contributed by atoms with Crippen LogP contribution in [0.5, 0.6) is 5.75 Å². The molecular formula is C28H34N4O4. The Balaban J connectivity index is 1.60. The minimum Gasteiger partial charge on any atom is -0.497 e. The number of amides is 2. The third-order valence-electron chi connectivity index (χ3n) is 6.18. The molecule has 2 heterocycles. The average molecular weight is 491 g/mol. The predicted molar refractivity (Wildman–Crippen MR) is 139 cm³/mol. The molecule has 0 unspecified atom stereocenters. The van der Waals surface area contributed by atoms with Crippen molar-refractivity contribution in [1.82, 2.24) is 14.7 Å². The van der Waals surface area contributed by atoms with Crippen molar-refractivity contribution in [3.8, 4) is 11.4 Å². The molecule has 3 aromatic rings. The largest absolute Gasteiger partial charge is 0.497 e. The van der Waals surface area contributed by atoms with Crippen LogP contribution in [0.15, 0.2) is 54.7 Å². The van der Waals surface area contributed by atoms with E-state index in [1.165, 1.54) is 0 Å². The number of nitrogens with one attached hydrogen (secondary N) is 1. The first kappa shape index (κ1) is 25.3. The molecule has 8 nitrogen and oxygen atoms in total. The number of aromatic nitrogens is 2. The van der Waals surface area contributed by atoms with Crippen LogP contribution in [0.25, 0.3) is 5.69 Å². The first-order valence-electron chi connectivity index (χ1n) is 12.2. The minimum absolute atomic E-state index is 0.0586. The lowest BCUT2D eigenvalue weighted by molar-refractivity contribution is 0.0203. The highest BCUT2D eigenvalue weighted by Crippen LogP contribution is 2.33. The van der Waals surface area contributed by atoms with E-state index in [2.05, 4.69) is 16.5 Å². The van der Waals surface area contributed by atoms with E-state index in [9.17, 15) is 9.59 Å². The monoisotopic (exact) mass is 490 g/mol. The smallest absolute Gasteiger partial charge is 0.410 e. The number of hydrogen-bond acceptors (Lipinski definition) is 5. The van der Waals surface area contributed by atoms with Gasteiger partial charge in [0.05, 0.1) is 30.3 Å². The molecular weight excluding hydrogens is 456 g/mol. The fraction of sp³-hybridized carbons (Fsp3) is 0.393. The summed E-state index contributed by atoms with van der Waals surface area (Å²) in [6.45, 7) is 8.74. The van der Waals surface area contributed by atoms with E-state index in [0.717, 1.165) is 22.7 Å². The Morgan fingerprint density at radius 1 is 1.06 bits per heavy atom. The van der Waals surface area contributed by atoms with Gasteiger partial charge in [-0.15, -0.1) is 0 Å². The second-order valence-corrected chi connectivity index (χ2v) is 10.1. The number of benzene rings is 2. The van der Waals surface area contributed by atoms with E-state index in [4.69, 9.17) is 9.47 Å². The molecule has 0 bridgehead atoms. The number of anilines is 1. The van der Waals surface area contributed by atoms with Crippen molar-refractivity contribution in [3.63, 3.8) is 0 Å². The zero-order valence-corrected chi connectivity index (χ0v) is 21.6. The summed E-state index contributed by atoms with van der Waals surface area (Å²) >= 11 is 0. The maximum Gasteiger partial charge on any atom is 0.410 e. The summed E-state index contributed by atoms with van der Waals surface area (Å²) in [6, 6.07) is 15.3. The Morgan fingerprint density at radius 3 is 2.36 bits per heavy atom. The van der Waals surface area contributed by atoms with Gasteiger partial charge in [0, 0.05) is 24.7 Å². The zero-order chi connectivity index (χ0) is 25.9. The molecule has 2 aromatic carbocycles. The molecule has 0 spiro atoms. The molecule has 1 saturated heterocycles. The predicted octanol–water partition coefficient (Wildman–Crippen LogP) is 5.56. The summed E-state index contributed by atoms with van der Waals surface area (Å²) in [6.07, 6.45) is 2.75. The summed E-state index contributed by atoms with van der Waals surface area (Å²) in [5.74, 6) is 0.560. The standard InChI is InChI=1S/C28H34N4O4/c1-19-7-6-8-22(17-19)32-25(20-13-15-31(16-14-20)27(34)36-28(2,3)4)24(18-29-32)26(33)30-21-9-11-23(35-5)12-10-21/h6-12,17-18,20H,13-16H2,1-5H3,(H,30,33). The Morgan fingerprint density at radius 2 is 1.75 bits per heavy atom. The molecule has 4 rings (SSSR count). The van der Waals surface area contributed by atoms with Crippen LogP contribution in [0.2, 0.25) is 0 Å². The highest BCUT2D eigenvalue weighted by atomic mass is 16.6. The first-order chi connectivity index (χ1) is 17.1. The van der Waals surface area contributed by atoms with Gasteiger partial charge in [-0.05, 0) is 82.5 Å². The second-order valence-electron chi connectivity index (χ2n) is 10.1. The van der Waals surface area contributed by atoms with Gasteiger partial charge in [0.25, 0.3) is 5.91 Å². The third kappa shape index (κ3) is 5.87. The van der Waals surface area contributed by atoms with Crippen molar-refractivity contribution in [2.24, 2.45) is 0 Å². The molecule has 2 amide bonds. The van der Waals surface area contributed by atoms with E-state index < -0.39 is 5.60 Å². The van der Waals surface area contributed by atoms with Crippen LogP contribution in [0.1, 0.15) is 61.1 Å². The summed E-state index contributed by atoms with van der Waals surface area (Å²) in [7, 11) is 1.60. The quantitative estimate of drug-likeness (QED) is 0.506. The topological polar surface area (TPSA) is 85.7 Å². The maximum absolute atomic E-state index is 13.4. The number of carbonyl (C=O) groups excluding carboxylic acids is 2. The van der Waals surface area contributed by atoms with Gasteiger partial charge in [-0.2, -0.15) is 5.10 Å². The Hall–Kier alpha value is -3.81. The van der Waals surface area contributed by atoms with Gasteiger partial charge in [0.2, 0.25) is 0 Å². The third-order valence-corrected chi connectivity index (χ3v) is 6.18. The van der Waals surface area contributed by atoms with Crippen molar-refractivity contribution in [2.75, 3.05) is 25.5 Å². The van der Waals surface area contributed by atoms with Crippen LogP contribution in [-0.2, 0) is 4.74 Å². The van der Waals surface area contributed by atoms with Crippen LogP contribution < -0.4 is 10.1 Å². The molecule has 36 heavy (non-hydrogen) atoms. The number of carbonyl (C=O) groups is 2. The Kier molecular flexibility index (Phi) is 7.33. The van der Waals surface area contributed by atoms with Crippen LogP contribution in [0.4, 0.5) is 10.5 Å². The molecule has 190 valence electrons. The highest BCUT2D eigenvalue weighted by molar-refractivity contribution is 6.05. The van der Waals surface area contributed by atoms with Crippen molar-refractivity contribution < 1.29 is 19.1 Å². The van der Waals surface area contributed by atoms with Crippen molar-refractivity contribution in [3.05, 3.63) is 71.5 Å². The molecule has 1 aliphatic heterocycles. The lowest BCUT2D eigenvalue weighted by atomic mass is 9.90. The number of nitrogens with zero attached hydrogens (tertiary/aromatic N) is 3. The molecule has 0 radical (unpaired) electrons. The van der Waals surface area contributed by atoms with E-state index in [-0.39, 0.29) is 17.9 Å². The molecule has 1 aliphatic rings.